The Bertz CT molecular complexity index is 496. The molecule has 1 aliphatic rings. The Hall–Kier alpha value is -1.70. The predicted octanol–water partition coefficient (Wildman–Crippen LogP) is 5.20. The van der Waals surface area contributed by atoms with Crippen molar-refractivity contribution < 1.29 is 9.47 Å². The molecule has 1 aromatic rings. The Morgan fingerprint density at radius 3 is 2.85 bits per heavy atom. The molecule has 0 aromatic heterocycles. The van der Waals surface area contributed by atoms with Crippen LogP contribution in [0.3, 0.4) is 0 Å². The molecule has 20 heavy (non-hydrogen) atoms. The van der Waals surface area contributed by atoms with Gasteiger partial charge < -0.3 is 9.47 Å². The van der Waals surface area contributed by atoms with Crippen molar-refractivity contribution in [1.29, 1.82) is 0 Å². The lowest BCUT2D eigenvalue weighted by Crippen LogP contribution is -1.92. The number of hydrogen-bond acceptors (Lipinski definition) is 2. The highest BCUT2D eigenvalue weighted by atomic mass is 16.7. The summed E-state index contributed by atoms with van der Waals surface area (Å²) in [5.41, 5.74) is 2.58. The van der Waals surface area contributed by atoms with Crippen LogP contribution in [0, 0.1) is 5.92 Å². The lowest BCUT2D eigenvalue weighted by molar-refractivity contribution is 0.174. The standard InChI is InChI=1S/C18H24O2/c1-14(2)6-4-7-15(3)8-5-9-16-10-11-17-18(12-16)20-13-19-17/h5-6,9-12,15H,4,7-8,13H2,1-3H3/b9-5+. The van der Waals surface area contributed by atoms with Gasteiger partial charge in [0.15, 0.2) is 11.5 Å². The Morgan fingerprint density at radius 1 is 1.25 bits per heavy atom. The van der Waals surface area contributed by atoms with Crippen molar-refractivity contribution in [2.75, 3.05) is 6.79 Å². The highest BCUT2D eigenvalue weighted by Crippen LogP contribution is 2.32. The van der Waals surface area contributed by atoms with E-state index >= 15 is 0 Å². The Balaban J connectivity index is 1.79. The Kier molecular flexibility index (Phi) is 5.28. The first-order valence-electron chi connectivity index (χ1n) is 7.34. The minimum Gasteiger partial charge on any atom is -0.454 e. The van der Waals surface area contributed by atoms with Crippen molar-refractivity contribution in [3.63, 3.8) is 0 Å². The van der Waals surface area contributed by atoms with Crippen LogP contribution < -0.4 is 9.47 Å². The number of ether oxygens (including phenoxy) is 2. The van der Waals surface area contributed by atoms with Crippen LogP contribution in [-0.4, -0.2) is 6.79 Å². The average molecular weight is 272 g/mol. The van der Waals surface area contributed by atoms with Gasteiger partial charge in [0, 0.05) is 0 Å². The molecule has 1 heterocycles. The van der Waals surface area contributed by atoms with Crippen LogP contribution in [0.15, 0.2) is 35.9 Å². The molecule has 0 saturated carbocycles. The summed E-state index contributed by atoms with van der Waals surface area (Å²) in [6, 6.07) is 6.07. The maximum atomic E-state index is 5.38. The zero-order chi connectivity index (χ0) is 14.4. The largest absolute Gasteiger partial charge is 0.454 e. The van der Waals surface area contributed by atoms with Gasteiger partial charge in [-0.05, 0) is 56.7 Å². The summed E-state index contributed by atoms with van der Waals surface area (Å²) in [6.07, 6.45) is 10.3. The van der Waals surface area contributed by atoms with E-state index in [1.807, 2.05) is 12.1 Å². The van der Waals surface area contributed by atoms with E-state index in [1.54, 1.807) is 0 Å². The van der Waals surface area contributed by atoms with E-state index in [0.29, 0.717) is 6.79 Å². The summed E-state index contributed by atoms with van der Waals surface area (Å²) in [5, 5.41) is 0. The maximum absolute atomic E-state index is 5.38. The molecule has 0 radical (unpaired) electrons. The van der Waals surface area contributed by atoms with Crippen molar-refractivity contribution in [3.8, 4) is 11.5 Å². The molecule has 2 nitrogen and oxygen atoms in total. The molecule has 2 heteroatoms. The molecule has 0 spiro atoms. The molecule has 1 aromatic carbocycles. The molecular formula is C18H24O2. The van der Waals surface area contributed by atoms with Gasteiger partial charge in [-0.3, -0.25) is 0 Å². The lowest BCUT2D eigenvalue weighted by Gasteiger charge is -2.06. The maximum Gasteiger partial charge on any atom is 0.231 e. The molecular weight excluding hydrogens is 248 g/mol. The predicted molar refractivity (Wildman–Crippen MR) is 84.0 cm³/mol. The smallest absolute Gasteiger partial charge is 0.231 e. The highest BCUT2D eigenvalue weighted by molar-refractivity contribution is 5.56. The first-order valence-corrected chi connectivity index (χ1v) is 7.34. The van der Waals surface area contributed by atoms with Crippen LogP contribution in [-0.2, 0) is 0 Å². The molecule has 0 fully saturated rings. The number of hydrogen-bond donors (Lipinski definition) is 0. The number of allylic oxidation sites excluding steroid dienone is 3. The second-order valence-corrected chi connectivity index (χ2v) is 5.71. The highest BCUT2D eigenvalue weighted by Gasteiger charge is 2.12. The van der Waals surface area contributed by atoms with Gasteiger partial charge in [0.1, 0.15) is 0 Å². The molecule has 0 bridgehead atoms. The van der Waals surface area contributed by atoms with Crippen molar-refractivity contribution in [1.82, 2.24) is 0 Å². The Morgan fingerprint density at radius 2 is 2.05 bits per heavy atom. The van der Waals surface area contributed by atoms with Gasteiger partial charge in [0.2, 0.25) is 6.79 Å². The number of benzene rings is 1. The van der Waals surface area contributed by atoms with Gasteiger partial charge in [-0.2, -0.15) is 0 Å². The van der Waals surface area contributed by atoms with E-state index in [-0.39, 0.29) is 0 Å². The minimum absolute atomic E-state index is 0.337. The lowest BCUT2D eigenvalue weighted by atomic mass is 10.0. The van der Waals surface area contributed by atoms with Crippen LogP contribution in [0.4, 0.5) is 0 Å². The van der Waals surface area contributed by atoms with Crippen molar-refractivity contribution in [2.24, 2.45) is 5.92 Å². The van der Waals surface area contributed by atoms with Crippen LogP contribution in [0.25, 0.3) is 6.08 Å². The van der Waals surface area contributed by atoms with Crippen LogP contribution in [0.2, 0.25) is 0 Å². The van der Waals surface area contributed by atoms with Gasteiger partial charge in [-0.1, -0.05) is 36.8 Å². The first-order chi connectivity index (χ1) is 9.65. The third-order valence-electron chi connectivity index (χ3n) is 3.46. The third kappa shape index (κ3) is 4.44. The summed E-state index contributed by atoms with van der Waals surface area (Å²) in [5.74, 6) is 2.41. The fourth-order valence-electron chi connectivity index (χ4n) is 2.23. The first kappa shape index (κ1) is 14.7. The molecule has 108 valence electrons. The molecule has 0 aliphatic carbocycles. The van der Waals surface area contributed by atoms with Crippen LogP contribution in [0.5, 0.6) is 11.5 Å². The summed E-state index contributed by atoms with van der Waals surface area (Å²) in [6.45, 7) is 6.96. The summed E-state index contributed by atoms with van der Waals surface area (Å²) in [4.78, 5) is 0. The molecule has 2 rings (SSSR count). The van der Waals surface area contributed by atoms with Crippen molar-refractivity contribution in [3.05, 3.63) is 41.5 Å². The molecule has 0 amide bonds. The quantitative estimate of drug-likeness (QED) is 0.662. The summed E-state index contributed by atoms with van der Waals surface area (Å²) in [7, 11) is 0. The van der Waals surface area contributed by atoms with E-state index in [2.05, 4.69) is 45.1 Å². The second kappa shape index (κ2) is 7.18. The van der Waals surface area contributed by atoms with Crippen molar-refractivity contribution in [2.45, 2.75) is 40.0 Å². The molecule has 0 saturated heterocycles. The van der Waals surface area contributed by atoms with Gasteiger partial charge in [-0.15, -0.1) is 0 Å². The fraction of sp³-hybridized carbons (Fsp3) is 0.444. The van der Waals surface area contributed by atoms with Crippen LogP contribution in [0.1, 0.15) is 45.6 Å². The summed E-state index contributed by atoms with van der Waals surface area (Å²) < 4.78 is 10.7. The molecule has 1 aliphatic heterocycles. The van der Waals surface area contributed by atoms with E-state index in [9.17, 15) is 0 Å². The van der Waals surface area contributed by atoms with Crippen molar-refractivity contribution >= 4 is 6.08 Å². The van der Waals surface area contributed by atoms with Gasteiger partial charge >= 0.3 is 0 Å². The van der Waals surface area contributed by atoms with E-state index in [4.69, 9.17) is 9.47 Å². The average Bonchev–Trinajstić information content (AvgIpc) is 2.85. The van der Waals surface area contributed by atoms with E-state index in [1.165, 1.54) is 24.0 Å². The number of rotatable bonds is 6. The number of fused-ring (bicyclic) bond motifs is 1. The zero-order valence-electron chi connectivity index (χ0n) is 12.7. The molecule has 0 N–H and O–H groups in total. The SMILES string of the molecule is CC(C)=CCCC(C)C/C=C/c1ccc2c(c1)OCO2. The topological polar surface area (TPSA) is 18.5 Å². The molecule has 1 atom stereocenters. The van der Waals surface area contributed by atoms with E-state index in [0.717, 1.165) is 23.8 Å². The van der Waals surface area contributed by atoms with Gasteiger partial charge in [-0.25, -0.2) is 0 Å². The van der Waals surface area contributed by atoms with E-state index < -0.39 is 0 Å². The van der Waals surface area contributed by atoms with Gasteiger partial charge in [0.25, 0.3) is 0 Å². The minimum atomic E-state index is 0.337. The Labute approximate surface area is 122 Å². The summed E-state index contributed by atoms with van der Waals surface area (Å²) >= 11 is 0. The normalized spacial score (nSPS) is 14.6. The zero-order valence-corrected chi connectivity index (χ0v) is 12.7. The monoisotopic (exact) mass is 272 g/mol. The second-order valence-electron chi connectivity index (χ2n) is 5.71. The third-order valence-corrected chi connectivity index (χ3v) is 3.46. The molecule has 1 unspecified atom stereocenters. The fourth-order valence-corrected chi connectivity index (χ4v) is 2.23. The van der Waals surface area contributed by atoms with Gasteiger partial charge in [0.05, 0.1) is 0 Å². The van der Waals surface area contributed by atoms with Crippen LogP contribution >= 0.6 is 0 Å².